The molecule has 8 atom stereocenters. The van der Waals surface area contributed by atoms with Gasteiger partial charge in [0, 0.05) is 0 Å². The van der Waals surface area contributed by atoms with Crippen LogP contribution in [0.2, 0.25) is 0 Å². The summed E-state index contributed by atoms with van der Waals surface area (Å²) >= 11 is 0. The van der Waals surface area contributed by atoms with Crippen LogP contribution in [0, 0.1) is 11.8 Å². The van der Waals surface area contributed by atoms with Crippen molar-refractivity contribution in [2.45, 2.75) is 116 Å². The molecule has 0 aromatic heterocycles. The Morgan fingerprint density at radius 3 is 2.54 bits per heavy atom. The largest absolute Gasteiger partial charge is 0.459 e. The lowest BCUT2D eigenvalue weighted by Crippen LogP contribution is -2.44. The number of carbonyl (C=O) groups excluding carboxylic acids is 1. The quantitative estimate of drug-likeness (QED) is 0.235. The SMILES string of the molecule is C=C(C)C/C=C/C(=C)C[C@@H](C)[C@H]1OC(=O)[C@H](C)/C=C/C=C/[C@H]2OC(C)(C)O[C@@H]2/C=C/CC[C@H]2CC[C@H](O2)[C@H]1O. The number of allylic oxidation sites excluding steroid dienone is 7. The predicted molar refractivity (Wildman–Crippen MR) is 155 cm³/mol. The van der Waals surface area contributed by atoms with E-state index in [1.807, 2.05) is 58.1 Å². The molecule has 0 aliphatic carbocycles. The first-order valence-corrected chi connectivity index (χ1v) is 14.3. The van der Waals surface area contributed by atoms with Crippen LogP contribution >= 0.6 is 0 Å². The number of rotatable bonds is 6. The van der Waals surface area contributed by atoms with E-state index < -0.39 is 23.9 Å². The standard InChI is InChI=1S/C33H48O6/c1-22(2)13-12-14-23(3)21-25(5)31-30(34)29-20-19-26(36-29)16-9-11-18-28-27(38-33(6,7)39-28)17-10-8-15-24(4)32(35)37-31/h8,10-12,14-15,17-18,24-31,34H,1,3,9,13,16,19-21H2,2,4-7H3/b14-12+,15-8+,17-10+,18-11+/t24-,25-,26+,27-,28-,29+,30-,31-/m1/s1. The van der Waals surface area contributed by atoms with E-state index in [9.17, 15) is 9.90 Å². The normalized spacial score (nSPS) is 36.8. The Balaban J connectivity index is 1.77. The molecule has 0 aromatic rings. The molecule has 3 aliphatic heterocycles. The summed E-state index contributed by atoms with van der Waals surface area (Å²) in [7, 11) is 0. The van der Waals surface area contributed by atoms with Gasteiger partial charge in [-0.3, -0.25) is 4.79 Å². The Kier molecular flexibility index (Phi) is 11.6. The van der Waals surface area contributed by atoms with Gasteiger partial charge in [-0.15, -0.1) is 0 Å². The Morgan fingerprint density at radius 1 is 1.13 bits per heavy atom. The number of hydrogen-bond acceptors (Lipinski definition) is 6. The first-order valence-electron chi connectivity index (χ1n) is 14.3. The van der Waals surface area contributed by atoms with Crippen LogP contribution in [-0.4, -0.2) is 53.5 Å². The van der Waals surface area contributed by atoms with E-state index in [0.717, 1.165) is 43.3 Å². The van der Waals surface area contributed by atoms with Crippen molar-refractivity contribution in [3.8, 4) is 0 Å². The third-order valence-corrected chi connectivity index (χ3v) is 7.40. The van der Waals surface area contributed by atoms with Crippen molar-refractivity contribution in [1.29, 1.82) is 0 Å². The summed E-state index contributed by atoms with van der Waals surface area (Å²) in [6.07, 6.45) is 18.0. The molecule has 0 radical (unpaired) electrons. The highest BCUT2D eigenvalue weighted by Gasteiger charge is 2.40. The number of cyclic esters (lactones) is 1. The third kappa shape index (κ3) is 9.71. The molecule has 0 saturated carbocycles. The van der Waals surface area contributed by atoms with E-state index in [-0.39, 0.29) is 36.3 Å². The summed E-state index contributed by atoms with van der Waals surface area (Å²) in [4.78, 5) is 13.1. The molecular formula is C33H48O6. The van der Waals surface area contributed by atoms with Gasteiger partial charge < -0.3 is 24.1 Å². The van der Waals surface area contributed by atoms with Crippen LogP contribution in [0.5, 0.6) is 0 Å². The van der Waals surface area contributed by atoms with Crippen LogP contribution in [0.15, 0.2) is 72.9 Å². The molecular weight excluding hydrogens is 492 g/mol. The van der Waals surface area contributed by atoms with E-state index in [1.54, 1.807) is 13.0 Å². The molecule has 3 rings (SSSR count). The van der Waals surface area contributed by atoms with Crippen LogP contribution in [-0.2, 0) is 23.7 Å². The van der Waals surface area contributed by atoms with Crippen LogP contribution < -0.4 is 0 Å². The number of carbonyl (C=O) groups is 1. The lowest BCUT2D eigenvalue weighted by molar-refractivity contribution is -0.170. The van der Waals surface area contributed by atoms with Crippen molar-refractivity contribution < 1.29 is 28.8 Å². The lowest BCUT2D eigenvalue weighted by Gasteiger charge is -2.32. The van der Waals surface area contributed by atoms with Gasteiger partial charge in [-0.1, -0.05) is 79.8 Å². The summed E-state index contributed by atoms with van der Waals surface area (Å²) in [6.45, 7) is 17.7. The molecule has 39 heavy (non-hydrogen) atoms. The van der Waals surface area contributed by atoms with E-state index in [1.165, 1.54) is 0 Å². The molecule has 3 aliphatic rings. The van der Waals surface area contributed by atoms with Gasteiger partial charge in [-0.05, 0) is 72.1 Å². The molecule has 216 valence electrons. The smallest absolute Gasteiger partial charge is 0.312 e. The first-order chi connectivity index (χ1) is 18.4. The topological polar surface area (TPSA) is 74.2 Å². The van der Waals surface area contributed by atoms with Gasteiger partial charge in [0.15, 0.2) is 5.79 Å². The maximum Gasteiger partial charge on any atom is 0.312 e. The number of esters is 1. The van der Waals surface area contributed by atoms with Crippen LogP contribution in [0.25, 0.3) is 0 Å². The molecule has 2 saturated heterocycles. The minimum atomic E-state index is -0.918. The Labute approximate surface area is 235 Å². The minimum Gasteiger partial charge on any atom is -0.459 e. The van der Waals surface area contributed by atoms with E-state index in [4.69, 9.17) is 18.9 Å². The molecule has 0 amide bonds. The van der Waals surface area contributed by atoms with Gasteiger partial charge in [-0.25, -0.2) is 0 Å². The van der Waals surface area contributed by atoms with Gasteiger partial charge in [0.1, 0.15) is 24.4 Å². The summed E-state index contributed by atoms with van der Waals surface area (Å²) in [5, 5.41) is 11.4. The third-order valence-electron chi connectivity index (χ3n) is 7.40. The van der Waals surface area contributed by atoms with Crippen molar-refractivity contribution in [1.82, 2.24) is 0 Å². The molecule has 3 heterocycles. The molecule has 0 spiro atoms. The minimum absolute atomic E-state index is 0.0506. The predicted octanol–water partition coefficient (Wildman–Crippen LogP) is 6.53. The fourth-order valence-corrected chi connectivity index (χ4v) is 5.31. The van der Waals surface area contributed by atoms with E-state index >= 15 is 0 Å². The molecule has 6 heteroatoms. The van der Waals surface area contributed by atoms with E-state index in [0.29, 0.717) is 6.42 Å². The molecule has 6 nitrogen and oxygen atoms in total. The summed E-state index contributed by atoms with van der Waals surface area (Å²) in [5.74, 6) is -1.67. The maximum absolute atomic E-state index is 13.1. The zero-order valence-electron chi connectivity index (χ0n) is 24.4. The molecule has 2 bridgehead atoms. The summed E-state index contributed by atoms with van der Waals surface area (Å²) in [5.41, 5.74) is 1.99. The molecule has 2 fully saturated rings. The van der Waals surface area contributed by atoms with Crippen molar-refractivity contribution >= 4 is 5.97 Å². The molecule has 0 unspecified atom stereocenters. The molecule has 1 N–H and O–H groups in total. The van der Waals surface area contributed by atoms with Gasteiger partial charge in [0.25, 0.3) is 0 Å². The fraction of sp³-hybridized carbons (Fsp3) is 0.606. The highest BCUT2D eigenvalue weighted by atomic mass is 16.7. The van der Waals surface area contributed by atoms with Gasteiger partial charge in [0.05, 0.1) is 18.1 Å². The van der Waals surface area contributed by atoms with Crippen molar-refractivity contribution in [2.75, 3.05) is 0 Å². The van der Waals surface area contributed by atoms with Crippen molar-refractivity contribution in [3.63, 3.8) is 0 Å². The monoisotopic (exact) mass is 540 g/mol. The van der Waals surface area contributed by atoms with Crippen molar-refractivity contribution in [3.05, 3.63) is 72.9 Å². The summed E-state index contributed by atoms with van der Waals surface area (Å²) in [6, 6.07) is 0. The fourth-order valence-electron chi connectivity index (χ4n) is 5.31. The van der Waals surface area contributed by atoms with Gasteiger partial charge in [-0.2, -0.15) is 0 Å². The van der Waals surface area contributed by atoms with Crippen molar-refractivity contribution in [2.24, 2.45) is 11.8 Å². The van der Waals surface area contributed by atoms with Crippen LogP contribution in [0.3, 0.4) is 0 Å². The molecule has 0 aromatic carbocycles. The number of fused-ring (bicyclic) bond motifs is 3. The zero-order chi connectivity index (χ0) is 28.6. The average Bonchev–Trinajstić information content (AvgIpc) is 3.44. The Morgan fingerprint density at radius 2 is 1.82 bits per heavy atom. The maximum atomic E-state index is 13.1. The Hall–Kier alpha value is -2.25. The van der Waals surface area contributed by atoms with E-state index in [2.05, 4.69) is 25.3 Å². The second-order valence-electron chi connectivity index (χ2n) is 11.8. The number of hydrogen-bond donors (Lipinski definition) is 1. The second-order valence-corrected chi connectivity index (χ2v) is 11.8. The second kappa shape index (κ2) is 14.4. The number of ether oxygens (including phenoxy) is 4. The van der Waals surface area contributed by atoms with Crippen LogP contribution in [0.1, 0.15) is 73.1 Å². The number of aliphatic hydroxyl groups excluding tert-OH is 1. The highest BCUT2D eigenvalue weighted by Crippen LogP contribution is 2.32. The Bertz CT molecular complexity index is 973. The average molecular weight is 541 g/mol. The summed E-state index contributed by atoms with van der Waals surface area (Å²) < 4.78 is 24.4. The zero-order valence-corrected chi connectivity index (χ0v) is 24.4. The van der Waals surface area contributed by atoms with Crippen LogP contribution in [0.4, 0.5) is 0 Å². The highest BCUT2D eigenvalue weighted by molar-refractivity contribution is 5.74. The van der Waals surface area contributed by atoms with Gasteiger partial charge in [0.2, 0.25) is 0 Å². The van der Waals surface area contributed by atoms with Gasteiger partial charge >= 0.3 is 5.97 Å². The first kappa shape index (κ1) is 31.3. The number of aliphatic hydroxyl groups is 1. The lowest BCUT2D eigenvalue weighted by atomic mass is 9.89.